The quantitative estimate of drug-likeness (QED) is 0.866. The predicted octanol–water partition coefficient (Wildman–Crippen LogP) is 1.66. The smallest absolute Gasteiger partial charge is 0.225 e. The average molecular weight is 292 g/mol. The van der Waals surface area contributed by atoms with E-state index in [0.29, 0.717) is 13.2 Å². The van der Waals surface area contributed by atoms with Crippen LogP contribution in [0.2, 0.25) is 0 Å². The molecular formula is C16H24N2O3. The SMILES string of the molecule is COc1ccc(OCCN(C)C(=O)[C@@H]2CC[C@@H](N)C2)cc1. The lowest BCUT2D eigenvalue weighted by Gasteiger charge is -2.21. The van der Waals surface area contributed by atoms with Crippen LogP contribution in [0.5, 0.6) is 11.5 Å². The lowest BCUT2D eigenvalue weighted by atomic mass is 10.1. The van der Waals surface area contributed by atoms with Crippen molar-refractivity contribution >= 4 is 5.91 Å². The summed E-state index contributed by atoms with van der Waals surface area (Å²) in [5.74, 6) is 1.85. The number of amides is 1. The highest BCUT2D eigenvalue weighted by molar-refractivity contribution is 5.78. The minimum absolute atomic E-state index is 0.0889. The maximum absolute atomic E-state index is 12.2. The van der Waals surface area contributed by atoms with Crippen LogP contribution in [0.3, 0.4) is 0 Å². The number of nitrogens with two attached hydrogens (primary N) is 1. The van der Waals surface area contributed by atoms with E-state index in [1.165, 1.54) is 0 Å². The third kappa shape index (κ3) is 4.36. The van der Waals surface area contributed by atoms with Gasteiger partial charge in [-0.15, -0.1) is 0 Å². The summed E-state index contributed by atoms with van der Waals surface area (Å²) in [4.78, 5) is 14.0. The standard InChI is InChI=1S/C16H24N2O3/c1-18(16(19)12-3-4-13(17)11-12)9-10-21-15-7-5-14(20-2)6-8-15/h5-8,12-13H,3-4,9-11,17H2,1-2H3/t12-,13-/m1/s1. The number of ether oxygens (including phenoxy) is 2. The van der Waals surface area contributed by atoms with Gasteiger partial charge in [0.2, 0.25) is 5.91 Å². The highest BCUT2D eigenvalue weighted by atomic mass is 16.5. The molecule has 116 valence electrons. The predicted molar refractivity (Wildman–Crippen MR) is 81.4 cm³/mol. The first-order valence-electron chi connectivity index (χ1n) is 7.37. The summed E-state index contributed by atoms with van der Waals surface area (Å²) < 4.78 is 10.7. The van der Waals surface area contributed by atoms with E-state index >= 15 is 0 Å². The van der Waals surface area contributed by atoms with Gasteiger partial charge in [0, 0.05) is 19.0 Å². The van der Waals surface area contributed by atoms with E-state index in [4.69, 9.17) is 15.2 Å². The van der Waals surface area contributed by atoms with Crippen LogP contribution in [-0.4, -0.2) is 44.2 Å². The number of nitrogens with zero attached hydrogens (tertiary/aromatic N) is 1. The highest BCUT2D eigenvalue weighted by Crippen LogP contribution is 2.25. The van der Waals surface area contributed by atoms with Gasteiger partial charge in [-0.3, -0.25) is 4.79 Å². The van der Waals surface area contributed by atoms with Crippen LogP contribution in [0.1, 0.15) is 19.3 Å². The lowest BCUT2D eigenvalue weighted by molar-refractivity contribution is -0.134. The molecule has 0 unspecified atom stereocenters. The Morgan fingerprint density at radius 2 is 1.95 bits per heavy atom. The molecule has 1 aromatic carbocycles. The number of hydrogen-bond acceptors (Lipinski definition) is 4. The minimum Gasteiger partial charge on any atom is -0.497 e. The zero-order chi connectivity index (χ0) is 15.2. The van der Waals surface area contributed by atoms with Crippen LogP contribution in [0.25, 0.3) is 0 Å². The number of rotatable bonds is 6. The molecule has 0 spiro atoms. The normalized spacial score (nSPS) is 21.1. The van der Waals surface area contributed by atoms with Crippen molar-refractivity contribution in [3.8, 4) is 11.5 Å². The van der Waals surface area contributed by atoms with E-state index in [-0.39, 0.29) is 17.9 Å². The Balaban J connectivity index is 1.73. The molecule has 1 fully saturated rings. The Hall–Kier alpha value is -1.75. The van der Waals surface area contributed by atoms with E-state index in [9.17, 15) is 4.79 Å². The minimum atomic E-state index is 0.0889. The summed E-state index contributed by atoms with van der Waals surface area (Å²) in [6.07, 6.45) is 2.67. The molecule has 1 amide bonds. The fraction of sp³-hybridized carbons (Fsp3) is 0.562. The fourth-order valence-electron chi connectivity index (χ4n) is 2.63. The van der Waals surface area contributed by atoms with Crippen LogP contribution in [0.15, 0.2) is 24.3 Å². The van der Waals surface area contributed by atoms with Gasteiger partial charge in [0.05, 0.1) is 13.7 Å². The van der Waals surface area contributed by atoms with Gasteiger partial charge in [0.1, 0.15) is 18.1 Å². The lowest BCUT2D eigenvalue weighted by Crippen LogP contribution is -2.35. The number of carbonyl (C=O) groups excluding carboxylic acids is 1. The maximum Gasteiger partial charge on any atom is 0.225 e. The van der Waals surface area contributed by atoms with Crippen molar-refractivity contribution in [2.75, 3.05) is 27.3 Å². The molecule has 1 aliphatic carbocycles. The topological polar surface area (TPSA) is 64.8 Å². The molecule has 2 rings (SSSR count). The van der Waals surface area contributed by atoms with Crippen LogP contribution >= 0.6 is 0 Å². The van der Waals surface area contributed by atoms with E-state index < -0.39 is 0 Å². The summed E-state index contributed by atoms with van der Waals surface area (Å²) in [6, 6.07) is 7.60. The van der Waals surface area contributed by atoms with E-state index in [1.54, 1.807) is 12.0 Å². The molecule has 5 heteroatoms. The van der Waals surface area contributed by atoms with E-state index in [1.807, 2.05) is 31.3 Å². The molecule has 0 aliphatic heterocycles. The van der Waals surface area contributed by atoms with Crippen molar-refractivity contribution in [1.29, 1.82) is 0 Å². The van der Waals surface area contributed by atoms with Gasteiger partial charge in [-0.05, 0) is 43.5 Å². The Kier molecular flexibility index (Phi) is 5.44. The molecule has 2 N–H and O–H groups in total. The molecule has 0 radical (unpaired) electrons. The third-order valence-corrected chi connectivity index (χ3v) is 3.95. The van der Waals surface area contributed by atoms with Gasteiger partial charge < -0.3 is 20.1 Å². The molecule has 5 nitrogen and oxygen atoms in total. The van der Waals surface area contributed by atoms with Gasteiger partial charge in [-0.1, -0.05) is 0 Å². The Labute approximate surface area is 126 Å². The second-order valence-electron chi connectivity index (χ2n) is 5.55. The zero-order valence-corrected chi connectivity index (χ0v) is 12.7. The van der Waals surface area contributed by atoms with Gasteiger partial charge >= 0.3 is 0 Å². The van der Waals surface area contributed by atoms with Crippen molar-refractivity contribution in [2.45, 2.75) is 25.3 Å². The van der Waals surface area contributed by atoms with Crippen LogP contribution in [0, 0.1) is 5.92 Å². The Morgan fingerprint density at radius 1 is 1.29 bits per heavy atom. The second-order valence-corrected chi connectivity index (χ2v) is 5.55. The van der Waals surface area contributed by atoms with E-state index in [2.05, 4.69) is 0 Å². The molecule has 21 heavy (non-hydrogen) atoms. The summed E-state index contributed by atoms with van der Waals surface area (Å²) in [5.41, 5.74) is 5.86. The molecule has 0 bridgehead atoms. The number of likely N-dealkylation sites (N-methyl/N-ethyl adjacent to an activating group) is 1. The molecule has 2 atom stereocenters. The van der Waals surface area contributed by atoms with Crippen molar-refractivity contribution in [3.63, 3.8) is 0 Å². The molecule has 0 heterocycles. The average Bonchev–Trinajstić information content (AvgIpc) is 2.93. The van der Waals surface area contributed by atoms with Gasteiger partial charge in [-0.2, -0.15) is 0 Å². The fourth-order valence-corrected chi connectivity index (χ4v) is 2.63. The van der Waals surface area contributed by atoms with Crippen LogP contribution in [0.4, 0.5) is 0 Å². The van der Waals surface area contributed by atoms with Crippen molar-refractivity contribution in [3.05, 3.63) is 24.3 Å². The molecular weight excluding hydrogens is 268 g/mol. The first-order valence-corrected chi connectivity index (χ1v) is 7.37. The van der Waals surface area contributed by atoms with Gasteiger partial charge in [0.15, 0.2) is 0 Å². The Bertz CT molecular complexity index is 461. The Morgan fingerprint density at radius 3 is 2.52 bits per heavy atom. The monoisotopic (exact) mass is 292 g/mol. The molecule has 1 aliphatic rings. The van der Waals surface area contributed by atoms with Gasteiger partial charge in [0.25, 0.3) is 0 Å². The number of carbonyl (C=O) groups is 1. The zero-order valence-electron chi connectivity index (χ0n) is 12.7. The second kappa shape index (κ2) is 7.31. The largest absolute Gasteiger partial charge is 0.497 e. The number of hydrogen-bond donors (Lipinski definition) is 1. The van der Waals surface area contributed by atoms with E-state index in [0.717, 1.165) is 30.8 Å². The maximum atomic E-state index is 12.2. The third-order valence-electron chi connectivity index (χ3n) is 3.95. The van der Waals surface area contributed by atoms with Crippen molar-refractivity contribution < 1.29 is 14.3 Å². The molecule has 1 aromatic rings. The number of benzene rings is 1. The molecule has 1 saturated carbocycles. The van der Waals surface area contributed by atoms with Crippen molar-refractivity contribution in [2.24, 2.45) is 11.7 Å². The summed E-state index contributed by atoms with van der Waals surface area (Å²) >= 11 is 0. The summed E-state index contributed by atoms with van der Waals surface area (Å²) in [6.45, 7) is 1.06. The highest BCUT2D eigenvalue weighted by Gasteiger charge is 2.29. The first kappa shape index (κ1) is 15.6. The van der Waals surface area contributed by atoms with Crippen molar-refractivity contribution in [1.82, 2.24) is 4.90 Å². The molecule has 0 aromatic heterocycles. The summed E-state index contributed by atoms with van der Waals surface area (Å²) in [7, 11) is 3.45. The molecule has 0 saturated heterocycles. The first-order chi connectivity index (χ1) is 10.1. The van der Waals surface area contributed by atoms with Gasteiger partial charge in [-0.25, -0.2) is 0 Å². The number of methoxy groups -OCH3 is 1. The van der Waals surface area contributed by atoms with Crippen LogP contribution < -0.4 is 15.2 Å². The summed E-state index contributed by atoms with van der Waals surface area (Å²) in [5, 5.41) is 0. The van der Waals surface area contributed by atoms with Crippen LogP contribution in [-0.2, 0) is 4.79 Å².